The van der Waals surface area contributed by atoms with Crippen LogP contribution in [0.4, 0.5) is 10.1 Å². The Morgan fingerprint density at radius 2 is 2.11 bits per heavy atom. The van der Waals surface area contributed by atoms with E-state index >= 15 is 0 Å². The molecule has 0 heterocycles. The van der Waals surface area contributed by atoms with Crippen molar-refractivity contribution in [3.63, 3.8) is 0 Å². The quantitative estimate of drug-likeness (QED) is 0.844. The van der Waals surface area contributed by atoms with Crippen LogP contribution in [0, 0.1) is 11.7 Å². The van der Waals surface area contributed by atoms with Crippen molar-refractivity contribution < 1.29 is 14.3 Å². The van der Waals surface area contributed by atoms with Gasteiger partial charge in [-0.05, 0) is 31.0 Å². The summed E-state index contributed by atoms with van der Waals surface area (Å²) < 4.78 is 13.9. The summed E-state index contributed by atoms with van der Waals surface area (Å²) in [6.07, 6.45) is 1.03. The molecule has 18 heavy (non-hydrogen) atoms. The maximum Gasteiger partial charge on any atom is 0.335 e. The van der Waals surface area contributed by atoms with E-state index in [0.29, 0.717) is 18.2 Å². The Bertz CT molecular complexity index is 420. The molecule has 0 aliphatic carbocycles. The Hall–Kier alpha value is -1.58. The summed E-state index contributed by atoms with van der Waals surface area (Å²) in [6.45, 7) is 7.66. The molecular weight excluding hydrogens is 233 g/mol. The number of hydrogen-bond donors (Lipinski definition) is 1. The highest BCUT2D eigenvalue weighted by molar-refractivity contribution is 5.88. The number of hydrogen-bond acceptors (Lipinski definition) is 2. The largest absolute Gasteiger partial charge is 0.478 e. The van der Waals surface area contributed by atoms with Gasteiger partial charge in [0.1, 0.15) is 5.82 Å². The van der Waals surface area contributed by atoms with Crippen LogP contribution in [0.3, 0.4) is 0 Å². The number of carbonyl (C=O) groups is 1. The highest BCUT2D eigenvalue weighted by Crippen LogP contribution is 2.22. The van der Waals surface area contributed by atoms with Gasteiger partial charge < -0.3 is 10.0 Å². The number of aromatic carboxylic acids is 1. The van der Waals surface area contributed by atoms with Crippen molar-refractivity contribution in [2.45, 2.75) is 27.2 Å². The molecule has 100 valence electrons. The first-order chi connectivity index (χ1) is 8.49. The summed E-state index contributed by atoms with van der Waals surface area (Å²) in [7, 11) is 0. The number of halogens is 1. The highest BCUT2D eigenvalue weighted by atomic mass is 19.1. The van der Waals surface area contributed by atoms with E-state index in [0.717, 1.165) is 19.0 Å². The van der Waals surface area contributed by atoms with Crippen molar-refractivity contribution in [1.29, 1.82) is 0 Å². The van der Waals surface area contributed by atoms with Gasteiger partial charge in [0.2, 0.25) is 0 Å². The van der Waals surface area contributed by atoms with Crippen molar-refractivity contribution in [1.82, 2.24) is 0 Å². The third kappa shape index (κ3) is 3.45. The lowest BCUT2D eigenvalue weighted by molar-refractivity contribution is 0.0696. The smallest absolute Gasteiger partial charge is 0.335 e. The average molecular weight is 253 g/mol. The Kier molecular flexibility index (Phi) is 5.13. The molecule has 0 saturated heterocycles. The van der Waals surface area contributed by atoms with Gasteiger partial charge >= 0.3 is 5.97 Å². The normalized spacial score (nSPS) is 12.2. The second-order valence-electron chi connectivity index (χ2n) is 4.52. The molecule has 1 atom stereocenters. The first kappa shape index (κ1) is 14.5. The Balaban J connectivity index is 2.96. The van der Waals surface area contributed by atoms with Gasteiger partial charge in [-0.1, -0.05) is 20.3 Å². The number of nitrogens with zero attached hydrogens (tertiary/aromatic N) is 1. The van der Waals surface area contributed by atoms with Crippen molar-refractivity contribution in [2.75, 3.05) is 18.0 Å². The van der Waals surface area contributed by atoms with Crippen LogP contribution in [0.5, 0.6) is 0 Å². The molecule has 0 aliphatic rings. The van der Waals surface area contributed by atoms with Crippen molar-refractivity contribution in [3.8, 4) is 0 Å². The molecule has 0 aliphatic heterocycles. The second-order valence-corrected chi connectivity index (χ2v) is 4.52. The minimum absolute atomic E-state index is 0.0177. The summed E-state index contributed by atoms with van der Waals surface area (Å²) >= 11 is 0. The average Bonchev–Trinajstić information content (AvgIpc) is 2.35. The fraction of sp³-hybridized carbons (Fsp3) is 0.500. The van der Waals surface area contributed by atoms with Crippen LogP contribution in [-0.2, 0) is 0 Å². The van der Waals surface area contributed by atoms with Crippen molar-refractivity contribution in [3.05, 3.63) is 29.6 Å². The third-order valence-corrected chi connectivity index (χ3v) is 3.15. The molecule has 0 fully saturated rings. The van der Waals surface area contributed by atoms with E-state index in [1.165, 1.54) is 6.07 Å². The van der Waals surface area contributed by atoms with Gasteiger partial charge in [0.05, 0.1) is 11.3 Å². The first-order valence-electron chi connectivity index (χ1n) is 6.27. The maximum atomic E-state index is 13.9. The first-order valence-corrected chi connectivity index (χ1v) is 6.27. The van der Waals surface area contributed by atoms with Crippen LogP contribution in [0.2, 0.25) is 0 Å². The van der Waals surface area contributed by atoms with Crippen LogP contribution in [0.1, 0.15) is 37.6 Å². The van der Waals surface area contributed by atoms with E-state index in [4.69, 9.17) is 5.11 Å². The molecule has 1 unspecified atom stereocenters. The van der Waals surface area contributed by atoms with Crippen LogP contribution in [0.25, 0.3) is 0 Å². The zero-order valence-electron chi connectivity index (χ0n) is 11.1. The molecule has 1 aromatic rings. The molecule has 3 nitrogen and oxygen atoms in total. The molecule has 0 bridgehead atoms. The number of carboxylic acid groups (broad SMARTS) is 1. The predicted octanol–water partition coefficient (Wildman–Crippen LogP) is 3.40. The molecule has 0 radical (unpaired) electrons. The molecule has 0 amide bonds. The molecule has 1 aromatic carbocycles. The van der Waals surface area contributed by atoms with Crippen LogP contribution < -0.4 is 4.90 Å². The fourth-order valence-corrected chi connectivity index (χ4v) is 1.80. The molecule has 1 rings (SSSR count). The second kappa shape index (κ2) is 6.38. The van der Waals surface area contributed by atoms with Crippen LogP contribution in [0.15, 0.2) is 18.2 Å². The Morgan fingerprint density at radius 1 is 1.44 bits per heavy atom. The SMILES string of the molecule is CCC(C)CN(CC)c1ccc(C(=O)O)cc1F. The molecule has 0 saturated carbocycles. The minimum Gasteiger partial charge on any atom is -0.478 e. The third-order valence-electron chi connectivity index (χ3n) is 3.15. The van der Waals surface area contributed by atoms with E-state index in [2.05, 4.69) is 13.8 Å². The van der Waals surface area contributed by atoms with Crippen molar-refractivity contribution in [2.24, 2.45) is 5.92 Å². The van der Waals surface area contributed by atoms with Gasteiger partial charge in [0.15, 0.2) is 0 Å². The fourth-order valence-electron chi connectivity index (χ4n) is 1.80. The molecule has 1 N–H and O–H groups in total. The summed E-state index contributed by atoms with van der Waals surface area (Å²) in [5.74, 6) is -1.10. The van der Waals surface area contributed by atoms with Gasteiger partial charge in [0.25, 0.3) is 0 Å². The number of anilines is 1. The lowest BCUT2D eigenvalue weighted by Gasteiger charge is -2.26. The van der Waals surface area contributed by atoms with Crippen LogP contribution in [-0.4, -0.2) is 24.2 Å². The van der Waals surface area contributed by atoms with Gasteiger partial charge in [-0.2, -0.15) is 0 Å². The lowest BCUT2D eigenvalue weighted by atomic mass is 10.1. The number of rotatable bonds is 6. The van der Waals surface area contributed by atoms with Gasteiger partial charge in [-0.25, -0.2) is 9.18 Å². The minimum atomic E-state index is -1.11. The summed E-state index contributed by atoms with van der Waals surface area (Å²) in [6, 6.07) is 4.07. The summed E-state index contributed by atoms with van der Waals surface area (Å²) in [5.41, 5.74) is 0.457. The molecule has 4 heteroatoms. The summed E-state index contributed by atoms with van der Waals surface area (Å²) in [5, 5.41) is 8.80. The predicted molar refractivity (Wildman–Crippen MR) is 70.7 cm³/mol. The highest BCUT2D eigenvalue weighted by Gasteiger charge is 2.14. The van der Waals surface area contributed by atoms with Gasteiger partial charge in [0, 0.05) is 13.1 Å². The van der Waals surface area contributed by atoms with E-state index < -0.39 is 11.8 Å². The van der Waals surface area contributed by atoms with E-state index in [1.54, 1.807) is 6.07 Å². The molecule has 0 aromatic heterocycles. The number of carboxylic acids is 1. The number of benzene rings is 1. The van der Waals surface area contributed by atoms with E-state index in [1.807, 2.05) is 11.8 Å². The molecular formula is C14H20FNO2. The zero-order valence-corrected chi connectivity index (χ0v) is 11.1. The van der Waals surface area contributed by atoms with E-state index in [-0.39, 0.29) is 5.56 Å². The summed E-state index contributed by atoms with van der Waals surface area (Å²) in [4.78, 5) is 12.7. The zero-order chi connectivity index (χ0) is 13.7. The topological polar surface area (TPSA) is 40.5 Å². The van der Waals surface area contributed by atoms with Crippen molar-refractivity contribution >= 4 is 11.7 Å². The monoisotopic (exact) mass is 253 g/mol. The Morgan fingerprint density at radius 3 is 2.56 bits per heavy atom. The molecule has 0 spiro atoms. The maximum absolute atomic E-state index is 13.9. The van der Waals surface area contributed by atoms with Crippen LogP contribution >= 0.6 is 0 Å². The van der Waals surface area contributed by atoms with Gasteiger partial charge in [-0.15, -0.1) is 0 Å². The van der Waals surface area contributed by atoms with E-state index in [9.17, 15) is 9.18 Å². The lowest BCUT2D eigenvalue weighted by Crippen LogP contribution is -2.28. The standard InChI is InChI=1S/C14H20FNO2/c1-4-10(3)9-16(5-2)13-7-6-11(14(17)18)8-12(13)15/h6-8,10H,4-5,9H2,1-3H3,(H,17,18). The van der Waals surface area contributed by atoms with Gasteiger partial charge in [-0.3, -0.25) is 0 Å². The Labute approximate surface area is 107 Å².